The van der Waals surface area contributed by atoms with Gasteiger partial charge in [0.15, 0.2) is 0 Å². The standard InChI is InChI=1S/C20H30N2O3.ClH/c1-24-16-6-7-19(25-2)17(14-16)18-4-3-13-22(18)20(23)8-5-15-9-11-21-12-10-15;/h6-7,14-15,18,21H,3-5,8-13H2,1-2H3;1H. The topological polar surface area (TPSA) is 50.8 Å². The predicted octanol–water partition coefficient (Wildman–Crippen LogP) is 3.57. The third-order valence-corrected chi connectivity index (χ3v) is 5.59. The molecule has 0 radical (unpaired) electrons. The smallest absolute Gasteiger partial charge is 0.223 e. The maximum absolute atomic E-state index is 12.9. The monoisotopic (exact) mass is 382 g/mol. The fourth-order valence-electron chi connectivity index (χ4n) is 4.13. The predicted molar refractivity (Wildman–Crippen MR) is 105 cm³/mol. The van der Waals surface area contributed by atoms with Gasteiger partial charge in [-0.15, -0.1) is 12.4 Å². The number of hydrogen-bond acceptors (Lipinski definition) is 4. The Morgan fingerprint density at radius 1 is 1.19 bits per heavy atom. The van der Waals surface area contributed by atoms with Gasteiger partial charge in [0.05, 0.1) is 20.3 Å². The van der Waals surface area contributed by atoms with Crippen LogP contribution in [0.4, 0.5) is 0 Å². The van der Waals surface area contributed by atoms with E-state index in [4.69, 9.17) is 9.47 Å². The molecule has 0 saturated carbocycles. The highest BCUT2D eigenvalue weighted by atomic mass is 35.5. The van der Waals surface area contributed by atoms with Crippen LogP contribution in [-0.2, 0) is 4.79 Å². The number of rotatable bonds is 6. The highest BCUT2D eigenvalue weighted by Gasteiger charge is 2.32. The van der Waals surface area contributed by atoms with E-state index in [1.165, 1.54) is 12.8 Å². The lowest BCUT2D eigenvalue weighted by atomic mass is 9.93. The third-order valence-electron chi connectivity index (χ3n) is 5.59. The largest absolute Gasteiger partial charge is 0.497 e. The lowest BCUT2D eigenvalue weighted by Gasteiger charge is -2.28. The number of nitrogens with zero attached hydrogens (tertiary/aromatic N) is 1. The van der Waals surface area contributed by atoms with Crippen molar-refractivity contribution >= 4 is 18.3 Å². The number of likely N-dealkylation sites (tertiary alicyclic amines) is 1. The number of carbonyl (C=O) groups is 1. The van der Waals surface area contributed by atoms with Gasteiger partial charge in [-0.1, -0.05) is 0 Å². The Labute approximate surface area is 162 Å². The van der Waals surface area contributed by atoms with Crippen molar-refractivity contribution < 1.29 is 14.3 Å². The first-order valence-corrected chi connectivity index (χ1v) is 9.45. The molecule has 2 saturated heterocycles. The highest BCUT2D eigenvalue weighted by Crippen LogP contribution is 2.39. The number of methoxy groups -OCH3 is 2. The summed E-state index contributed by atoms with van der Waals surface area (Å²) in [6.45, 7) is 3.02. The lowest BCUT2D eigenvalue weighted by Crippen LogP contribution is -2.32. The van der Waals surface area contributed by atoms with Crippen LogP contribution in [0.2, 0.25) is 0 Å². The molecule has 1 atom stereocenters. The van der Waals surface area contributed by atoms with Crippen LogP contribution in [0.25, 0.3) is 0 Å². The Balaban J connectivity index is 0.00000243. The lowest BCUT2D eigenvalue weighted by molar-refractivity contribution is -0.132. The first-order chi connectivity index (χ1) is 12.2. The van der Waals surface area contributed by atoms with Gasteiger partial charge in [-0.05, 0) is 69.3 Å². The number of hydrogen-bond donors (Lipinski definition) is 1. The number of amides is 1. The SMILES string of the molecule is COc1ccc(OC)c(C2CCCN2C(=O)CCC2CCNCC2)c1.Cl. The van der Waals surface area contributed by atoms with Crippen LogP contribution in [-0.4, -0.2) is 44.7 Å². The summed E-state index contributed by atoms with van der Waals surface area (Å²) in [6.07, 6.45) is 6.10. The van der Waals surface area contributed by atoms with E-state index in [1.807, 2.05) is 18.2 Å². The van der Waals surface area contributed by atoms with Gasteiger partial charge in [0.25, 0.3) is 0 Å². The second kappa shape index (κ2) is 10.0. The zero-order valence-corrected chi connectivity index (χ0v) is 16.6. The first-order valence-electron chi connectivity index (χ1n) is 9.45. The minimum absolute atomic E-state index is 0. The van der Waals surface area contributed by atoms with Gasteiger partial charge in [-0.25, -0.2) is 0 Å². The zero-order chi connectivity index (χ0) is 17.6. The van der Waals surface area contributed by atoms with Crippen molar-refractivity contribution in [3.8, 4) is 11.5 Å². The number of nitrogens with one attached hydrogen (secondary N) is 1. The van der Waals surface area contributed by atoms with Crippen molar-refractivity contribution in [3.05, 3.63) is 23.8 Å². The summed E-state index contributed by atoms with van der Waals surface area (Å²) < 4.78 is 10.9. The van der Waals surface area contributed by atoms with Gasteiger partial charge in [0.1, 0.15) is 11.5 Å². The summed E-state index contributed by atoms with van der Waals surface area (Å²) in [5.74, 6) is 2.62. The minimum atomic E-state index is 0. The van der Waals surface area contributed by atoms with Crippen LogP contribution < -0.4 is 14.8 Å². The van der Waals surface area contributed by atoms with Crippen LogP contribution in [0.1, 0.15) is 50.1 Å². The van der Waals surface area contributed by atoms with Crippen molar-refractivity contribution in [1.29, 1.82) is 0 Å². The molecule has 146 valence electrons. The molecule has 1 aromatic carbocycles. The fourth-order valence-corrected chi connectivity index (χ4v) is 4.13. The number of ether oxygens (including phenoxy) is 2. The fraction of sp³-hybridized carbons (Fsp3) is 0.650. The zero-order valence-electron chi connectivity index (χ0n) is 15.8. The molecule has 1 N–H and O–H groups in total. The average molecular weight is 383 g/mol. The molecular weight excluding hydrogens is 352 g/mol. The van der Waals surface area contributed by atoms with E-state index in [0.29, 0.717) is 12.3 Å². The molecule has 2 aliphatic heterocycles. The van der Waals surface area contributed by atoms with E-state index in [9.17, 15) is 4.79 Å². The van der Waals surface area contributed by atoms with E-state index >= 15 is 0 Å². The molecule has 3 rings (SSSR count). The molecule has 5 nitrogen and oxygen atoms in total. The Morgan fingerprint density at radius 3 is 2.65 bits per heavy atom. The van der Waals surface area contributed by atoms with Gasteiger partial charge in [0.2, 0.25) is 5.91 Å². The molecule has 6 heteroatoms. The van der Waals surface area contributed by atoms with E-state index in [0.717, 1.165) is 56.0 Å². The summed E-state index contributed by atoms with van der Waals surface area (Å²) in [4.78, 5) is 14.9. The molecule has 26 heavy (non-hydrogen) atoms. The minimum Gasteiger partial charge on any atom is -0.497 e. The third kappa shape index (κ3) is 4.83. The van der Waals surface area contributed by atoms with Gasteiger partial charge >= 0.3 is 0 Å². The number of carbonyl (C=O) groups excluding carboxylic acids is 1. The molecule has 2 heterocycles. The molecule has 1 amide bonds. The summed E-state index contributed by atoms with van der Waals surface area (Å²) in [5.41, 5.74) is 1.06. The van der Waals surface area contributed by atoms with E-state index < -0.39 is 0 Å². The first kappa shape index (κ1) is 20.8. The molecule has 1 aromatic rings. The molecule has 0 aliphatic carbocycles. The molecule has 0 spiro atoms. The second-order valence-electron chi connectivity index (χ2n) is 7.09. The van der Waals surface area contributed by atoms with Crippen molar-refractivity contribution in [2.24, 2.45) is 5.92 Å². The number of piperidine rings is 1. The van der Waals surface area contributed by atoms with Crippen molar-refractivity contribution in [3.63, 3.8) is 0 Å². The Hall–Kier alpha value is -1.46. The Kier molecular flexibility index (Phi) is 8.04. The molecule has 0 bridgehead atoms. The van der Waals surface area contributed by atoms with E-state index in [2.05, 4.69) is 10.2 Å². The maximum Gasteiger partial charge on any atom is 0.223 e. The second-order valence-corrected chi connectivity index (χ2v) is 7.09. The van der Waals surface area contributed by atoms with Crippen LogP contribution in [0.15, 0.2) is 18.2 Å². The van der Waals surface area contributed by atoms with Crippen molar-refractivity contribution in [2.45, 2.75) is 44.6 Å². The molecular formula is C20H31ClN2O3. The summed E-state index contributed by atoms with van der Waals surface area (Å²) >= 11 is 0. The van der Waals surface area contributed by atoms with Crippen LogP contribution in [0.3, 0.4) is 0 Å². The normalized spacial score (nSPS) is 20.5. The molecule has 1 unspecified atom stereocenters. The summed E-state index contributed by atoms with van der Waals surface area (Å²) in [5, 5.41) is 3.39. The van der Waals surface area contributed by atoms with Gasteiger partial charge in [0, 0.05) is 18.5 Å². The van der Waals surface area contributed by atoms with E-state index in [1.54, 1.807) is 14.2 Å². The van der Waals surface area contributed by atoms with Gasteiger partial charge in [-0.3, -0.25) is 4.79 Å². The molecule has 2 fully saturated rings. The highest BCUT2D eigenvalue weighted by molar-refractivity contribution is 5.85. The maximum atomic E-state index is 12.9. The Bertz CT molecular complexity index is 590. The van der Waals surface area contributed by atoms with Gasteiger partial charge < -0.3 is 19.7 Å². The molecule has 0 aromatic heterocycles. The van der Waals surface area contributed by atoms with E-state index in [-0.39, 0.29) is 24.4 Å². The van der Waals surface area contributed by atoms with Crippen molar-refractivity contribution in [1.82, 2.24) is 10.2 Å². The molecule has 2 aliphatic rings. The van der Waals surface area contributed by atoms with Crippen LogP contribution in [0, 0.1) is 5.92 Å². The number of benzene rings is 1. The Morgan fingerprint density at radius 2 is 1.96 bits per heavy atom. The quantitative estimate of drug-likeness (QED) is 0.817. The van der Waals surface area contributed by atoms with Crippen LogP contribution in [0.5, 0.6) is 11.5 Å². The van der Waals surface area contributed by atoms with Gasteiger partial charge in [-0.2, -0.15) is 0 Å². The average Bonchev–Trinajstić information content (AvgIpc) is 3.16. The van der Waals surface area contributed by atoms with Crippen molar-refractivity contribution in [2.75, 3.05) is 33.9 Å². The van der Waals surface area contributed by atoms with Crippen LogP contribution >= 0.6 is 12.4 Å². The summed E-state index contributed by atoms with van der Waals surface area (Å²) in [7, 11) is 3.35. The summed E-state index contributed by atoms with van der Waals surface area (Å²) in [6, 6.07) is 5.96. The number of halogens is 1.